The molecule has 3 N–H and O–H groups in total. The quantitative estimate of drug-likeness (QED) is 0.644. The van der Waals surface area contributed by atoms with Crippen LogP contribution in [-0.2, 0) is 6.54 Å². The van der Waals surface area contributed by atoms with E-state index in [0.717, 1.165) is 23.4 Å². The third kappa shape index (κ3) is 4.48. The van der Waals surface area contributed by atoms with Crippen molar-refractivity contribution in [3.05, 3.63) is 47.0 Å². The number of rotatable bonds is 4. The third-order valence-corrected chi connectivity index (χ3v) is 3.94. The van der Waals surface area contributed by atoms with Crippen molar-refractivity contribution in [2.24, 2.45) is 10.7 Å². The zero-order valence-electron chi connectivity index (χ0n) is 13.9. The van der Waals surface area contributed by atoms with Gasteiger partial charge in [-0.2, -0.15) is 0 Å². The topological polar surface area (TPSA) is 78.1 Å². The summed E-state index contributed by atoms with van der Waals surface area (Å²) >= 11 is 6.28. The molecule has 132 valence electrons. The first-order valence-electron chi connectivity index (χ1n) is 7.95. The van der Waals surface area contributed by atoms with Gasteiger partial charge in [0.25, 0.3) is 0 Å². The van der Waals surface area contributed by atoms with Crippen molar-refractivity contribution < 1.29 is 14.2 Å². The minimum absolute atomic E-state index is 0.313. The first-order valence-corrected chi connectivity index (χ1v) is 8.32. The van der Waals surface area contributed by atoms with Crippen LogP contribution in [-0.4, -0.2) is 26.3 Å². The van der Waals surface area contributed by atoms with Gasteiger partial charge < -0.3 is 25.3 Å². The van der Waals surface area contributed by atoms with Gasteiger partial charge in [0.2, 0.25) is 0 Å². The highest BCUT2D eigenvalue weighted by Gasteiger charge is 2.15. The number of hydrogen-bond acceptors (Lipinski definition) is 4. The van der Waals surface area contributed by atoms with Crippen molar-refractivity contribution in [1.82, 2.24) is 0 Å². The van der Waals surface area contributed by atoms with E-state index < -0.39 is 0 Å². The molecule has 0 amide bonds. The zero-order valence-corrected chi connectivity index (χ0v) is 14.7. The Kier molecular flexibility index (Phi) is 5.50. The molecule has 0 atom stereocenters. The SMILES string of the molecule is COc1ccc(NC(N)=NCc2cc(Cl)c3c(c2)OCCCO3)cc1. The average Bonchev–Trinajstić information content (AvgIpc) is 2.86. The lowest BCUT2D eigenvalue weighted by atomic mass is 10.2. The summed E-state index contributed by atoms with van der Waals surface area (Å²) in [5.74, 6) is 2.34. The van der Waals surface area contributed by atoms with E-state index in [2.05, 4.69) is 10.3 Å². The van der Waals surface area contributed by atoms with Crippen LogP contribution in [0.5, 0.6) is 17.2 Å². The van der Waals surface area contributed by atoms with Crippen molar-refractivity contribution in [3.63, 3.8) is 0 Å². The summed E-state index contributed by atoms with van der Waals surface area (Å²) in [4.78, 5) is 4.34. The van der Waals surface area contributed by atoms with Crippen LogP contribution in [0.4, 0.5) is 5.69 Å². The molecule has 3 rings (SSSR count). The molecule has 0 fully saturated rings. The average molecular weight is 362 g/mol. The van der Waals surface area contributed by atoms with Gasteiger partial charge in [-0.05, 0) is 42.0 Å². The Hall–Kier alpha value is -2.60. The molecule has 0 saturated carbocycles. The molecule has 1 aliphatic heterocycles. The first-order chi connectivity index (χ1) is 12.2. The molecule has 1 aliphatic rings. The summed E-state index contributed by atoms with van der Waals surface area (Å²) in [5.41, 5.74) is 7.67. The van der Waals surface area contributed by atoms with Crippen LogP contribution in [0.2, 0.25) is 5.02 Å². The number of hydrogen-bond donors (Lipinski definition) is 2. The number of guanidine groups is 1. The number of methoxy groups -OCH3 is 1. The fraction of sp³-hybridized carbons (Fsp3) is 0.278. The van der Waals surface area contributed by atoms with Gasteiger partial charge in [-0.1, -0.05) is 11.6 Å². The number of nitrogens with one attached hydrogen (secondary N) is 1. The van der Waals surface area contributed by atoms with Crippen LogP contribution >= 0.6 is 11.6 Å². The maximum absolute atomic E-state index is 6.28. The zero-order chi connectivity index (χ0) is 17.6. The molecule has 0 spiro atoms. The summed E-state index contributed by atoms with van der Waals surface area (Å²) in [5, 5.41) is 3.55. The Morgan fingerprint density at radius 2 is 2.00 bits per heavy atom. The number of aliphatic imine (C=N–C) groups is 1. The van der Waals surface area contributed by atoms with Crippen molar-refractivity contribution in [2.45, 2.75) is 13.0 Å². The van der Waals surface area contributed by atoms with Crippen LogP contribution in [0, 0.1) is 0 Å². The Labute approximate surface area is 151 Å². The van der Waals surface area contributed by atoms with E-state index in [0.29, 0.717) is 42.2 Å². The summed E-state index contributed by atoms with van der Waals surface area (Å²) in [6, 6.07) is 11.1. The highest BCUT2D eigenvalue weighted by molar-refractivity contribution is 6.32. The Morgan fingerprint density at radius 1 is 1.24 bits per heavy atom. The molecular formula is C18H20ClN3O3. The summed E-state index contributed by atoms with van der Waals surface area (Å²) < 4.78 is 16.4. The van der Waals surface area contributed by atoms with Crippen molar-refractivity contribution in [2.75, 3.05) is 25.6 Å². The summed E-state index contributed by atoms with van der Waals surface area (Å²) in [6.45, 7) is 1.59. The normalized spacial score (nSPS) is 13.9. The second-order valence-corrected chi connectivity index (χ2v) is 5.92. The van der Waals surface area contributed by atoms with Crippen molar-refractivity contribution >= 4 is 23.2 Å². The standard InChI is InChI=1S/C18H20ClN3O3/c1-23-14-5-3-13(4-6-14)22-18(20)21-11-12-9-15(19)17-16(10-12)24-7-2-8-25-17/h3-6,9-10H,2,7-8,11H2,1H3,(H3,20,21,22). The van der Waals surface area contributed by atoms with E-state index in [1.165, 1.54) is 0 Å². The minimum atomic E-state index is 0.313. The van der Waals surface area contributed by atoms with E-state index in [9.17, 15) is 0 Å². The molecule has 2 aromatic rings. The van der Waals surface area contributed by atoms with E-state index in [1.54, 1.807) is 7.11 Å². The molecule has 6 nitrogen and oxygen atoms in total. The third-order valence-electron chi connectivity index (χ3n) is 3.66. The Balaban J connectivity index is 1.68. The number of nitrogens with two attached hydrogens (primary N) is 1. The van der Waals surface area contributed by atoms with Gasteiger partial charge >= 0.3 is 0 Å². The predicted molar refractivity (Wildman–Crippen MR) is 99.0 cm³/mol. The van der Waals surface area contributed by atoms with E-state index in [4.69, 9.17) is 31.5 Å². The van der Waals surface area contributed by atoms with Crippen LogP contribution in [0.15, 0.2) is 41.4 Å². The molecule has 0 bridgehead atoms. The van der Waals surface area contributed by atoms with Crippen LogP contribution in [0.3, 0.4) is 0 Å². The van der Waals surface area contributed by atoms with Gasteiger partial charge in [0.1, 0.15) is 5.75 Å². The summed E-state index contributed by atoms with van der Waals surface area (Å²) in [7, 11) is 1.62. The van der Waals surface area contributed by atoms with Gasteiger partial charge in [0, 0.05) is 12.1 Å². The van der Waals surface area contributed by atoms with E-state index in [-0.39, 0.29) is 0 Å². The van der Waals surface area contributed by atoms with E-state index >= 15 is 0 Å². The number of anilines is 1. The van der Waals surface area contributed by atoms with Gasteiger partial charge in [0.15, 0.2) is 17.5 Å². The van der Waals surface area contributed by atoms with Gasteiger partial charge in [0.05, 0.1) is 31.9 Å². The number of fused-ring (bicyclic) bond motifs is 1. The molecule has 0 radical (unpaired) electrons. The molecule has 7 heteroatoms. The molecule has 0 unspecified atom stereocenters. The highest BCUT2D eigenvalue weighted by Crippen LogP contribution is 2.38. The lowest BCUT2D eigenvalue weighted by Crippen LogP contribution is -2.22. The maximum atomic E-state index is 6.28. The smallest absolute Gasteiger partial charge is 0.193 e. The highest BCUT2D eigenvalue weighted by atomic mass is 35.5. The maximum Gasteiger partial charge on any atom is 0.193 e. The molecule has 1 heterocycles. The monoisotopic (exact) mass is 361 g/mol. The predicted octanol–water partition coefficient (Wildman–Crippen LogP) is 3.44. The number of ether oxygens (including phenoxy) is 3. The summed E-state index contributed by atoms with van der Waals surface area (Å²) in [6.07, 6.45) is 0.831. The number of nitrogens with zero attached hydrogens (tertiary/aromatic N) is 1. The van der Waals surface area contributed by atoms with Gasteiger partial charge in [-0.3, -0.25) is 0 Å². The second-order valence-electron chi connectivity index (χ2n) is 5.51. The molecular weight excluding hydrogens is 342 g/mol. The Morgan fingerprint density at radius 3 is 2.76 bits per heavy atom. The lowest BCUT2D eigenvalue weighted by molar-refractivity contribution is 0.297. The molecule has 25 heavy (non-hydrogen) atoms. The van der Waals surface area contributed by atoms with Crippen LogP contribution < -0.4 is 25.3 Å². The molecule has 0 aromatic heterocycles. The lowest BCUT2D eigenvalue weighted by Gasteiger charge is -2.11. The fourth-order valence-electron chi connectivity index (χ4n) is 2.41. The van der Waals surface area contributed by atoms with Gasteiger partial charge in [-0.25, -0.2) is 4.99 Å². The first kappa shape index (κ1) is 17.2. The van der Waals surface area contributed by atoms with Crippen molar-refractivity contribution in [1.29, 1.82) is 0 Å². The number of benzene rings is 2. The van der Waals surface area contributed by atoms with E-state index in [1.807, 2.05) is 36.4 Å². The molecule has 2 aromatic carbocycles. The Bertz CT molecular complexity index is 763. The largest absolute Gasteiger partial charge is 0.497 e. The molecule has 0 aliphatic carbocycles. The van der Waals surface area contributed by atoms with Crippen LogP contribution in [0.1, 0.15) is 12.0 Å². The second kappa shape index (κ2) is 7.98. The molecule has 0 saturated heterocycles. The van der Waals surface area contributed by atoms with Crippen molar-refractivity contribution in [3.8, 4) is 17.2 Å². The van der Waals surface area contributed by atoms with Crippen LogP contribution in [0.25, 0.3) is 0 Å². The minimum Gasteiger partial charge on any atom is -0.497 e. The van der Waals surface area contributed by atoms with Gasteiger partial charge in [-0.15, -0.1) is 0 Å². The fourth-order valence-corrected chi connectivity index (χ4v) is 2.70. The number of halogens is 1.